The third-order valence-corrected chi connectivity index (χ3v) is 2.43. The fourth-order valence-electron chi connectivity index (χ4n) is 1.75. The maximum absolute atomic E-state index is 10.5. The number of carboxylic acid groups (broad SMARTS) is 2. The molecule has 3 atom stereocenters. The SMILES string of the molecule is CC1C=CCC(NC(=O)O)C1NC(=O)O. The van der Waals surface area contributed by atoms with E-state index in [1.54, 1.807) is 0 Å². The highest BCUT2D eigenvalue weighted by molar-refractivity contribution is 5.67. The molecule has 0 spiro atoms. The van der Waals surface area contributed by atoms with Gasteiger partial charge in [0.25, 0.3) is 0 Å². The summed E-state index contributed by atoms with van der Waals surface area (Å²) < 4.78 is 0. The first kappa shape index (κ1) is 11.4. The maximum atomic E-state index is 10.5. The van der Waals surface area contributed by atoms with Crippen LogP contribution in [-0.2, 0) is 0 Å². The molecule has 0 aromatic heterocycles. The first-order valence-electron chi connectivity index (χ1n) is 4.66. The Balaban J connectivity index is 2.70. The van der Waals surface area contributed by atoms with Crippen molar-refractivity contribution in [3.05, 3.63) is 12.2 Å². The fourth-order valence-corrected chi connectivity index (χ4v) is 1.75. The minimum Gasteiger partial charge on any atom is -0.465 e. The van der Waals surface area contributed by atoms with Crippen LogP contribution in [-0.4, -0.2) is 34.5 Å². The number of rotatable bonds is 2. The van der Waals surface area contributed by atoms with E-state index in [4.69, 9.17) is 10.2 Å². The standard InChI is InChI=1S/C9H14N2O4/c1-5-3-2-4-6(10-8(12)13)7(5)11-9(14)15/h2-3,5-7,10-11H,4H2,1H3,(H,12,13)(H,14,15). The lowest BCUT2D eigenvalue weighted by atomic mass is 9.87. The highest BCUT2D eigenvalue weighted by atomic mass is 16.4. The van der Waals surface area contributed by atoms with Gasteiger partial charge in [-0.3, -0.25) is 0 Å². The molecule has 0 heterocycles. The van der Waals surface area contributed by atoms with Crippen LogP contribution >= 0.6 is 0 Å². The second-order valence-electron chi connectivity index (χ2n) is 3.55. The molecule has 0 aromatic rings. The number of nitrogens with one attached hydrogen (secondary N) is 2. The van der Waals surface area contributed by atoms with Crippen LogP contribution in [0.25, 0.3) is 0 Å². The quantitative estimate of drug-likeness (QED) is 0.512. The summed E-state index contributed by atoms with van der Waals surface area (Å²) in [6.07, 6.45) is 1.95. The summed E-state index contributed by atoms with van der Waals surface area (Å²) in [6, 6.07) is -0.817. The molecule has 0 aliphatic heterocycles. The molecular weight excluding hydrogens is 200 g/mol. The Morgan fingerprint density at radius 1 is 1.27 bits per heavy atom. The van der Waals surface area contributed by atoms with Crippen molar-refractivity contribution in [3.63, 3.8) is 0 Å². The summed E-state index contributed by atoms with van der Waals surface area (Å²) >= 11 is 0. The van der Waals surface area contributed by atoms with E-state index in [-0.39, 0.29) is 5.92 Å². The highest BCUT2D eigenvalue weighted by Gasteiger charge is 2.30. The molecule has 84 valence electrons. The first-order valence-corrected chi connectivity index (χ1v) is 4.66. The van der Waals surface area contributed by atoms with Gasteiger partial charge in [0.15, 0.2) is 0 Å². The van der Waals surface area contributed by atoms with Crippen LogP contribution in [0.4, 0.5) is 9.59 Å². The second kappa shape index (κ2) is 4.68. The zero-order chi connectivity index (χ0) is 11.4. The van der Waals surface area contributed by atoms with Gasteiger partial charge in [-0.25, -0.2) is 9.59 Å². The number of hydrogen-bond acceptors (Lipinski definition) is 2. The van der Waals surface area contributed by atoms with E-state index >= 15 is 0 Å². The molecule has 15 heavy (non-hydrogen) atoms. The topological polar surface area (TPSA) is 98.7 Å². The van der Waals surface area contributed by atoms with E-state index < -0.39 is 24.3 Å². The predicted molar refractivity (Wildman–Crippen MR) is 52.8 cm³/mol. The molecule has 2 amide bonds. The molecule has 1 rings (SSSR count). The monoisotopic (exact) mass is 214 g/mol. The van der Waals surface area contributed by atoms with E-state index in [2.05, 4.69) is 10.6 Å². The maximum Gasteiger partial charge on any atom is 0.404 e. The Labute approximate surface area is 87.0 Å². The zero-order valence-electron chi connectivity index (χ0n) is 8.30. The van der Waals surface area contributed by atoms with Gasteiger partial charge in [-0.05, 0) is 12.3 Å². The first-order chi connectivity index (χ1) is 7.00. The van der Waals surface area contributed by atoms with Crippen molar-refractivity contribution in [2.75, 3.05) is 0 Å². The van der Waals surface area contributed by atoms with Crippen LogP contribution < -0.4 is 10.6 Å². The average Bonchev–Trinajstić information content (AvgIpc) is 2.09. The smallest absolute Gasteiger partial charge is 0.404 e. The number of amides is 2. The molecule has 0 saturated carbocycles. The van der Waals surface area contributed by atoms with E-state index in [9.17, 15) is 9.59 Å². The molecule has 0 bridgehead atoms. The number of carbonyl (C=O) groups is 2. The molecule has 0 radical (unpaired) electrons. The summed E-state index contributed by atoms with van der Waals surface area (Å²) in [5.41, 5.74) is 0. The largest absolute Gasteiger partial charge is 0.465 e. The van der Waals surface area contributed by atoms with Gasteiger partial charge in [0, 0.05) is 0 Å². The van der Waals surface area contributed by atoms with Crippen molar-refractivity contribution < 1.29 is 19.8 Å². The molecule has 4 N–H and O–H groups in total. The minimum absolute atomic E-state index is 0.0216. The average molecular weight is 214 g/mol. The lowest BCUT2D eigenvalue weighted by Crippen LogP contribution is -2.54. The molecular formula is C9H14N2O4. The minimum atomic E-state index is -1.14. The van der Waals surface area contributed by atoms with E-state index in [0.717, 1.165) is 0 Å². The number of hydrogen-bond donors (Lipinski definition) is 4. The van der Waals surface area contributed by atoms with Gasteiger partial charge in [0.1, 0.15) is 0 Å². The van der Waals surface area contributed by atoms with Gasteiger partial charge in [-0.1, -0.05) is 19.1 Å². The van der Waals surface area contributed by atoms with Gasteiger partial charge in [0.05, 0.1) is 12.1 Å². The zero-order valence-corrected chi connectivity index (χ0v) is 8.30. The molecule has 6 nitrogen and oxygen atoms in total. The van der Waals surface area contributed by atoms with Gasteiger partial charge < -0.3 is 20.8 Å². The van der Waals surface area contributed by atoms with Gasteiger partial charge in [-0.2, -0.15) is 0 Å². The van der Waals surface area contributed by atoms with Crippen molar-refractivity contribution in [1.29, 1.82) is 0 Å². The van der Waals surface area contributed by atoms with Crippen LogP contribution in [0.1, 0.15) is 13.3 Å². The van der Waals surface area contributed by atoms with Crippen molar-refractivity contribution in [2.45, 2.75) is 25.4 Å². The van der Waals surface area contributed by atoms with E-state index in [0.29, 0.717) is 6.42 Å². The summed E-state index contributed by atoms with van der Waals surface area (Å²) in [5.74, 6) is -0.0216. The molecule has 3 unspecified atom stereocenters. The predicted octanol–water partition coefficient (Wildman–Crippen LogP) is 0.855. The van der Waals surface area contributed by atoms with Crippen molar-refractivity contribution >= 4 is 12.2 Å². The second-order valence-corrected chi connectivity index (χ2v) is 3.55. The third-order valence-electron chi connectivity index (χ3n) is 2.43. The molecule has 0 fully saturated rings. The lowest BCUT2D eigenvalue weighted by molar-refractivity contribution is 0.169. The lowest BCUT2D eigenvalue weighted by Gasteiger charge is -2.32. The van der Waals surface area contributed by atoms with Crippen LogP contribution in [0.15, 0.2) is 12.2 Å². The normalized spacial score (nSPS) is 29.5. The fraction of sp³-hybridized carbons (Fsp3) is 0.556. The molecule has 1 aliphatic carbocycles. The Kier molecular flexibility index (Phi) is 3.54. The summed E-state index contributed by atoms with van der Waals surface area (Å²) in [4.78, 5) is 21.0. The summed E-state index contributed by atoms with van der Waals surface area (Å²) in [7, 11) is 0. The Morgan fingerprint density at radius 3 is 2.40 bits per heavy atom. The van der Waals surface area contributed by atoms with Crippen molar-refractivity contribution in [1.82, 2.24) is 10.6 Å². The van der Waals surface area contributed by atoms with Gasteiger partial charge in [0.2, 0.25) is 0 Å². The highest BCUT2D eigenvalue weighted by Crippen LogP contribution is 2.18. The van der Waals surface area contributed by atoms with Crippen LogP contribution in [0.2, 0.25) is 0 Å². The van der Waals surface area contributed by atoms with E-state index in [1.165, 1.54) is 0 Å². The van der Waals surface area contributed by atoms with Crippen molar-refractivity contribution in [2.24, 2.45) is 5.92 Å². The molecule has 6 heteroatoms. The van der Waals surface area contributed by atoms with Gasteiger partial charge in [-0.15, -0.1) is 0 Å². The summed E-state index contributed by atoms with van der Waals surface area (Å²) in [5, 5.41) is 21.9. The third kappa shape index (κ3) is 3.16. The molecule has 1 aliphatic rings. The summed E-state index contributed by atoms with van der Waals surface area (Å²) in [6.45, 7) is 1.84. The van der Waals surface area contributed by atoms with E-state index in [1.807, 2.05) is 19.1 Å². The molecule has 0 saturated heterocycles. The van der Waals surface area contributed by atoms with Crippen LogP contribution in [0, 0.1) is 5.92 Å². The Morgan fingerprint density at radius 2 is 1.87 bits per heavy atom. The van der Waals surface area contributed by atoms with Gasteiger partial charge >= 0.3 is 12.2 Å². The Bertz CT molecular complexity index is 290. The molecule has 0 aromatic carbocycles. The Hall–Kier alpha value is -1.72. The van der Waals surface area contributed by atoms with Crippen LogP contribution in [0.3, 0.4) is 0 Å². The van der Waals surface area contributed by atoms with Crippen LogP contribution in [0.5, 0.6) is 0 Å². The van der Waals surface area contributed by atoms with Crippen molar-refractivity contribution in [3.8, 4) is 0 Å².